The fourth-order valence-electron chi connectivity index (χ4n) is 1.63. The Kier molecular flexibility index (Phi) is 2.44. The Balaban J connectivity index is 1.88. The molecule has 1 aliphatic rings. The molecule has 1 saturated heterocycles. The zero-order chi connectivity index (χ0) is 8.39. The van der Waals surface area contributed by atoms with E-state index in [1.807, 2.05) is 11.3 Å². The van der Waals surface area contributed by atoms with Crippen molar-refractivity contribution in [2.45, 2.75) is 19.0 Å². The van der Waals surface area contributed by atoms with Crippen molar-refractivity contribution in [3.8, 4) is 0 Å². The van der Waals surface area contributed by atoms with Gasteiger partial charge in [-0.3, -0.25) is 4.90 Å². The Bertz CT molecular complexity index is 233. The van der Waals surface area contributed by atoms with Crippen LogP contribution in [0.15, 0.2) is 17.5 Å². The molecule has 0 spiro atoms. The maximum Gasteiger partial charge on any atom is 0.0328 e. The van der Waals surface area contributed by atoms with E-state index in [0.717, 1.165) is 19.5 Å². The van der Waals surface area contributed by atoms with Gasteiger partial charge in [0.05, 0.1) is 0 Å². The van der Waals surface area contributed by atoms with Crippen LogP contribution in [-0.4, -0.2) is 24.0 Å². The Morgan fingerprint density at radius 3 is 3.17 bits per heavy atom. The minimum atomic E-state index is 0.407. The smallest absolute Gasteiger partial charge is 0.0328 e. The number of hydrogen-bond donors (Lipinski definition) is 1. The average Bonchev–Trinajstić information content (AvgIpc) is 2.63. The molecule has 2 N–H and O–H groups in total. The normalized spacial score (nSPS) is 24.9. The first-order valence-corrected chi connectivity index (χ1v) is 5.23. The highest BCUT2D eigenvalue weighted by Crippen LogP contribution is 2.15. The highest BCUT2D eigenvalue weighted by molar-refractivity contribution is 7.09. The van der Waals surface area contributed by atoms with Crippen molar-refractivity contribution in [2.24, 2.45) is 5.73 Å². The first-order valence-electron chi connectivity index (χ1n) is 4.35. The maximum atomic E-state index is 5.82. The van der Waals surface area contributed by atoms with Crippen LogP contribution in [0, 0.1) is 0 Å². The number of rotatable bonds is 2. The molecule has 2 nitrogen and oxygen atoms in total. The van der Waals surface area contributed by atoms with E-state index >= 15 is 0 Å². The maximum absolute atomic E-state index is 5.82. The van der Waals surface area contributed by atoms with Crippen LogP contribution in [0.3, 0.4) is 0 Å². The summed E-state index contributed by atoms with van der Waals surface area (Å²) in [6, 6.07) is 4.70. The molecule has 2 heterocycles. The standard InChI is InChI=1S/C9H14N2S/c10-8-3-4-11(6-8)7-9-2-1-5-12-9/h1-2,5,8H,3-4,6-7,10H2/t8-/m1/s1. The minimum Gasteiger partial charge on any atom is -0.326 e. The van der Waals surface area contributed by atoms with E-state index in [2.05, 4.69) is 22.4 Å². The van der Waals surface area contributed by atoms with Crippen LogP contribution < -0.4 is 5.73 Å². The monoisotopic (exact) mass is 182 g/mol. The third kappa shape index (κ3) is 1.86. The van der Waals surface area contributed by atoms with Gasteiger partial charge in [0.15, 0.2) is 0 Å². The van der Waals surface area contributed by atoms with Crippen LogP contribution in [0.2, 0.25) is 0 Å². The Labute approximate surface area is 77.0 Å². The predicted octanol–water partition coefficient (Wildman–Crippen LogP) is 1.28. The number of hydrogen-bond acceptors (Lipinski definition) is 3. The molecular formula is C9H14N2S. The molecule has 0 saturated carbocycles. The minimum absolute atomic E-state index is 0.407. The van der Waals surface area contributed by atoms with E-state index in [4.69, 9.17) is 5.73 Å². The Morgan fingerprint density at radius 1 is 1.67 bits per heavy atom. The van der Waals surface area contributed by atoms with Crippen molar-refractivity contribution in [1.29, 1.82) is 0 Å². The molecule has 0 radical (unpaired) electrons. The molecule has 12 heavy (non-hydrogen) atoms. The summed E-state index contributed by atoms with van der Waals surface area (Å²) in [5, 5.41) is 2.13. The van der Waals surface area contributed by atoms with Gasteiger partial charge in [0, 0.05) is 30.6 Å². The zero-order valence-corrected chi connectivity index (χ0v) is 7.89. The van der Waals surface area contributed by atoms with Crippen LogP contribution in [0.25, 0.3) is 0 Å². The van der Waals surface area contributed by atoms with Crippen LogP contribution in [0.5, 0.6) is 0 Å². The zero-order valence-electron chi connectivity index (χ0n) is 7.07. The van der Waals surface area contributed by atoms with Gasteiger partial charge in [-0.1, -0.05) is 6.07 Å². The summed E-state index contributed by atoms with van der Waals surface area (Å²) in [5.74, 6) is 0. The van der Waals surface area contributed by atoms with E-state index in [1.54, 1.807) is 0 Å². The summed E-state index contributed by atoms with van der Waals surface area (Å²) in [6.45, 7) is 3.32. The molecule has 0 bridgehead atoms. The summed E-state index contributed by atoms with van der Waals surface area (Å²) in [7, 11) is 0. The van der Waals surface area contributed by atoms with Gasteiger partial charge in [0.1, 0.15) is 0 Å². The fourth-order valence-corrected chi connectivity index (χ4v) is 2.38. The quantitative estimate of drug-likeness (QED) is 0.746. The summed E-state index contributed by atoms with van der Waals surface area (Å²) >= 11 is 1.83. The highest BCUT2D eigenvalue weighted by atomic mass is 32.1. The lowest BCUT2D eigenvalue weighted by atomic mass is 10.3. The molecule has 1 atom stereocenters. The topological polar surface area (TPSA) is 29.3 Å². The van der Waals surface area contributed by atoms with E-state index < -0.39 is 0 Å². The van der Waals surface area contributed by atoms with Gasteiger partial charge in [0.2, 0.25) is 0 Å². The molecule has 0 unspecified atom stereocenters. The van der Waals surface area contributed by atoms with Crippen molar-refractivity contribution in [2.75, 3.05) is 13.1 Å². The SMILES string of the molecule is N[C@@H]1CCN(Cc2cccs2)C1. The molecule has 3 heteroatoms. The second kappa shape index (κ2) is 3.56. The van der Waals surface area contributed by atoms with Gasteiger partial charge in [0.25, 0.3) is 0 Å². The number of likely N-dealkylation sites (tertiary alicyclic amines) is 1. The third-order valence-electron chi connectivity index (χ3n) is 2.27. The second-order valence-corrected chi connectivity index (χ2v) is 4.40. The molecule has 0 aromatic carbocycles. The van der Waals surface area contributed by atoms with E-state index in [-0.39, 0.29) is 0 Å². The van der Waals surface area contributed by atoms with Gasteiger partial charge in [-0.2, -0.15) is 0 Å². The van der Waals surface area contributed by atoms with Crippen LogP contribution >= 0.6 is 11.3 Å². The summed E-state index contributed by atoms with van der Waals surface area (Å²) in [5.41, 5.74) is 5.82. The van der Waals surface area contributed by atoms with Crippen LogP contribution in [0.1, 0.15) is 11.3 Å². The Morgan fingerprint density at radius 2 is 2.58 bits per heavy atom. The number of nitrogens with zero attached hydrogens (tertiary/aromatic N) is 1. The summed E-state index contributed by atoms with van der Waals surface area (Å²) < 4.78 is 0. The largest absolute Gasteiger partial charge is 0.326 e. The molecule has 0 amide bonds. The third-order valence-corrected chi connectivity index (χ3v) is 3.13. The van der Waals surface area contributed by atoms with Crippen molar-refractivity contribution >= 4 is 11.3 Å². The van der Waals surface area contributed by atoms with Crippen molar-refractivity contribution in [3.05, 3.63) is 22.4 Å². The average molecular weight is 182 g/mol. The molecule has 2 rings (SSSR count). The molecular weight excluding hydrogens is 168 g/mol. The van der Waals surface area contributed by atoms with Gasteiger partial charge in [-0.15, -0.1) is 11.3 Å². The molecule has 1 aliphatic heterocycles. The molecule has 1 fully saturated rings. The first kappa shape index (κ1) is 8.23. The van der Waals surface area contributed by atoms with E-state index in [9.17, 15) is 0 Å². The second-order valence-electron chi connectivity index (χ2n) is 3.36. The number of thiophene rings is 1. The lowest BCUT2D eigenvalue weighted by Gasteiger charge is -2.12. The molecule has 66 valence electrons. The van der Waals surface area contributed by atoms with Crippen LogP contribution in [-0.2, 0) is 6.54 Å². The van der Waals surface area contributed by atoms with E-state index in [1.165, 1.54) is 11.4 Å². The lowest BCUT2D eigenvalue weighted by molar-refractivity contribution is 0.330. The number of nitrogens with two attached hydrogens (primary N) is 1. The van der Waals surface area contributed by atoms with Gasteiger partial charge in [-0.25, -0.2) is 0 Å². The summed E-state index contributed by atoms with van der Waals surface area (Å²) in [6.07, 6.45) is 1.16. The molecule has 0 aliphatic carbocycles. The molecule has 1 aromatic rings. The van der Waals surface area contributed by atoms with Crippen molar-refractivity contribution < 1.29 is 0 Å². The Hall–Kier alpha value is -0.380. The van der Waals surface area contributed by atoms with Gasteiger partial charge < -0.3 is 5.73 Å². The predicted molar refractivity (Wildman–Crippen MR) is 52.2 cm³/mol. The lowest BCUT2D eigenvalue weighted by Crippen LogP contribution is -2.25. The van der Waals surface area contributed by atoms with Gasteiger partial charge in [-0.05, 0) is 17.9 Å². The fraction of sp³-hybridized carbons (Fsp3) is 0.556. The highest BCUT2D eigenvalue weighted by Gasteiger charge is 2.18. The van der Waals surface area contributed by atoms with Crippen LogP contribution in [0.4, 0.5) is 0 Å². The van der Waals surface area contributed by atoms with Crippen molar-refractivity contribution in [3.63, 3.8) is 0 Å². The molecule has 1 aromatic heterocycles. The summed E-state index contributed by atoms with van der Waals surface area (Å²) in [4.78, 5) is 3.88. The first-order chi connectivity index (χ1) is 5.84. The van der Waals surface area contributed by atoms with Crippen molar-refractivity contribution in [1.82, 2.24) is 4.90 Å². The van der Waals surface area contributed by atoms with Gasteiger partial charge >= 0.3 is 0 Å². The van der Waals surface area contributed by atoms with E-state index in [0.29, 0.717) is 6.04 Å².